The molecule has 1 unspecified atom stereocenters. The molecule has 1 aliphatic heterocycles. The minimum Gasteiger partial charge on any atom is -0.410 e. The van der Waals surface area contributed by atoms with Gasteiger partial charge in [0.2, 0.25) is 0 Å². The standard InChI is InChI=1S/C22H24Cl2N2O2/c1-22(2)12-20(16-10-13(23)6-8-18(16)24)26-19-9-7-15(11-17(19)22)28-21(27)25-14-4-3-5-14/h6-11,14,20,26H,3-5,12H2,1-2H3,(H,25,27). The average molecular weight is 419 g/mol. The molecule has 1 heterocycles. The summed E-state index contributed by atoms with van der Waals surface area (Å²) >= 11 is 12.6. The number of hydrogen-bond acceptors (Lipinski definition) is 3. The number of halogens is 2. The molecule has 1 saturated carbocycles. The Hall–Kier alpha value is -1.91. The molecule has 0 radical (unpaired) electrons. The van der Waals surface area contributed by atoms with E-state index in [1.807, 2.05) is 30.3 Å². The topological polar surface area (TPSA) is 50.4 Å². The summed E-state index contributed by atoms with van der Waals surface area (Å²) in [5, 5.41) is 7.85. The first-order chi connectivity index (χ1) is 13.3. The van der Waals surface area contributed by atoms with Crippen LogP contribution in [-0.2, 0) is 5.41 Å². The van der Waals surface area contributed by atoms with E-state index < -0.39 is 0 Å². The highest BCUT2D eigenvalue weighted by Crippen LogP contribution is 2.46. The smallest absolute Gasteiger partial charge is 0.410 e. The molecule has 2 N–H and O–H groups in total. The van der Waals surface area contributed by atoms with Gasteiger partial charge in [0.25, 0.3) is 0 Å². The third-order valence-corrected chi connectivity index (χ3v) is 6.31. The molecule has 0 spiro atoms. The fraction of sp³-hybridized carbons (Fsp3) is 0.409. The maximum atomic E-state index is 12.1. The number of benzene rings is 2. The average Bonchev–Trinajstić information content (AvgIpc) is 2.60. The second-order valence-corrected chi connectivity index (χ2v) is 9.16. The van der Waals surface area contributed by atoms with Gasteiger partial charge in [-0.1, -0.05) is 37.0 Å². The summed E-state index contributed by atoms with van der Waals surface area (Å²) in [4.78, 5) is 12.1. The molecule has 2 aromatic carbocycles. The molecule has 0 bridgehead atoms. The van der Waals surface area contributed by atoms with Gasteiger partial charge >= 0.3 is 6.09 Å². The summed E-state index contributed by atoms with van der Waals surface area (Å²) in [7, 11) is 0. The van der Waals surface area contributed by atoms with Crippen LogP contribution < -0.4 is 15.4 Å². The lowest BCUT2D eigenvalue weighted by molar-refractivity contribution is 0.188. The van der Waals surface area contributed by atoms with Crippen molar-refractivity contribution in [3.63, 3.8) is 0 Å². The summed E-state index contributed by atoms with van der Waals surface area (Å²) in [5.74, 6) is 0.560. The zero-order valence-electron chi connectivity index (χ0n) is 16.0. The van der Waals surface area contributed by atoms with E-state index in [9.17, 15) is 4.79 Å². The van der Waals surface area contributed by atoms with E-state index in [0.29, 0.717) is 15.8 Å². The molecule has 1 fully saturated rings. The molecule has 4 nitrogen and oxygen atoms in total. The van der Waals surface area contributed by atoms with Crippen molar-refractivity contribution in [2.45, 2.75) is 57.0 Å². The van der Waals surface area contributed by atoms with Crippen molar-refractivity contribution in [2.24, 2.45) is 0 Å². The first-order valence-electron chi connectivity index (χ1n) is 9.66. The van der Waals surface area contributed by atoms with E-state index in [-0.39, 0.29) is 23.6 Å². The number of carbonyl (C=O) groups is 1. The minimum absolute atomic E-state index is 0.0578. The van der Waals surface area contributed by atoms with Crippen LogP contribution in [0.2, 0.25) is 10.0 Å². The Bertz CT molecular complexity index is 909. The second kappa shape index (κ2) is 7.49. The van der Waals surface area contributed by atoms with E-state index >= 15 is 0 Å². The Morgan fingerprint density at radius 1 is 1.18 bits per heavy atom. The highest BCUT2D eigenvalue weighted by molar-refractivity contribution is 6.33. The predicted octanol–water partition coefficient (Wildman–Crippen LogP) is 6.47. The van der Waals surface area contributed by atoms with E-state index in [1.165, 1.54) is 6.42 Å². The van der Waals surface area contributed by atoms with Crippen LogP contribution in [0.15, 0.2) is 36.4 Å². The van der Waals surface area contributed by atoms with E-state index in [0.717, 1.165) is 36.1 Å². The van der Waals surface area contributed by atoms with Crippen molar-refractivity contribution in [1.82, 2.24) is 5.32 Å². The van der Waals surface area contributed by atoms with Crippen LogP contribution in [0, 0.1) is 0 Å². The Morgan fingerprint density at radius 2 is 1.96 bits per heavy atom. The van der Waals surface area contributed by atoms with Crippen LogP contribution >= 0.6 is 23.2 Å². The molecule has 28 heavy (non-hydrogen) atoms. The monoisotopic (exact) mass is 418 g/mol. The van der Waals surface area contributed by atoms with Gasteiger partial charge in [-0.05, 0) is 78.6 Å². The number of nitrogens with one attached hydrogen (secondary N) is 2. The molecule has 1 amide bonds. The van der Waals surface area contributed by atoms with Crippen LogP contribution in [0.4, 0.5) is 10.5 Å². The lowest BCUT2D eigenvalue weighted by Crippen LogP contribution is -2.41. The zero-order chi connectivity index (χ0) is 19.9. The van der Waals surface area contributed by atoms with Crippen LogP contribution in [0.3, 0.4) is 0 Å². The third kappa shape index (κ3) is 3.94. The molecular formula is C22H24Cl2N2O2. The molecule has 4 rings (SSSR count). The Balaban J connectivity index is 1.56. The Kier molecular flexibility index (Phi) is 5.19. The van der Waals surface area contributed by atoms with Crippen molar-refractivity contribution >= 4 is 35.0 Å². The van der Waals surface area contributed by atoms with Crippen molar-refractivity contribution in [1.29, 1.82) is 0 Å². The van der Waals surface area contributed by atoms with E-state index in [1.54, 1.807) is 6.07 Å². The predicted molar refractivity (Wildman–Crippen MR) is 114 cm³/mol. The summed E-state index contributed by atoms with van der Waals surface area (Å²) in [6.45, 7) is 4.38. The number of hydrogen-bond donors (Lipinski definition) is 2. The van der Waals surface area contributed by atoms with Gasteiger partial charge in [-0.3, -0.25) is 0 Å². The van der Waals surface area contributed by atoms with Gasteiger partial charge in [0, 0.05) is 21.8 Å². The first kappa shape index (κ1) is 19.4. The maximum Gasteiger partial charge on any atom is 0.412 e. The summed E-state index contributed by atoms with van der Waals surface area (Å²) in [5.41, 5.74) is 3.01. The van der Waals surface area contributed by atoms with Crippen LogP contribution in [0.25, 0.3) is 0 Å². The molecule has 2 aromatic rings. The first-order valence-corrected chi connectivity index (χ1v) is 10.4. The van der Waals surface area contributed by atoms with Gasteiger partial charge in [-0.15, -0.1) is 0 Å². The van der Waals surface area contributed by atoms with Gasteiger partial charge in [-0.25, -0.2) is 4.79 Å². The largest absolute Gasteiger partial charge is 0.412 e. The van der Waals surface area contributed by atoms with Gasteiger partial charge in [0.1, 0.15) is 5.75 Å². The SMILES string of the molecule is CC1(C)CC(c2cc(Cl)ccc2Cl)Nc2ccc(OC(=O)NC3CCC3)cc21. The molecule has 0 saturated heterocycles. The molecule has 6 heteroatoms. The second-order valence-electron chi connectivity index (χ2n) is 8.32. The summed E-state index contributed by atoms with van der Waals surface area (Å²) in [6, 6.07) is 11.6. The van der Waals surface area contributed by atoms with Crippen molar-refractivity contribution in [3.8, 4) is 5.75 Å². The minimum atomic E-state index is -0.380. The van der Waals surface area contributed by atoms with Crippen molar-refractivity contribution < 1.29 is 9.53 Å². The summed E-state index contributed by atoms with van der Waals surface area (Å²) < 4.78 is 5.51. The van der Waals surface area contributed by atoms with Gasteiger partial charge in [0.05, 0.1) is 6.04 Å². The van der Waals surface area contributed by atoms with Crippen molar-refractivity contribution in [3.05, 3.63) is 57.6 Å². The number of carbonyl (C=O) groups excluding carboxylic acids is 1. The normalized spacial score (nSPS) is 20.5. The third-order valence-electron chi connectivity index (χ3n) is 5.74. The highest BCUT2D eigenvalue weighted by Gasteiger charge is 2.34. The quantitative estimate of drug-likeness (QED) is 0.600. The van der Waals surface area contributed by atoms with Crippen LogP contribution in [0.5, 0.6) is 5.75 Å². The van der Waals surface area contributed by atoms with Gasteiger partial charge in [0.15, 0.2) is 0 Å². The number of rotatable bonds is 3. The highest BCUT2D eigenvalue weighted by atomic mass is 35.5. The molecule has 2 aliphatic rings. The van der Waals surface area contributed by atoms with Crippen LogP contribution in [-0.4, -0.2) is 12.1 Å². The lowest BCUT2D eigenvalue weighted by atomic mass is 9.74. The number of amides is 1. The van der Waals surface area contributed by atoms with Gasteiger partial charge < -0.3 is 15.4 Å². The molecule has 1 aliphatic carbocycles. The fourth-order valence-corrected chi connectivity index (χ4v) is 4.39. The Morgan fingerprint density at radius 3 is 2.68 bits per heavy atom. The molecular weight excluding hydrogens is 395 g/mol. The van der Waals surface area contributed by atoms with Crippen molar-refractivity contribution in [2.75, 3.05) is 5.32 Å². The molecule has 0 aromatic heterocycles. The summed E-state index contributed by atoms with van der Waals surface area (Å²) in [6.07, 6.45) is 3.70. The molecule has 1 atom stereocenters. The fourth-order valence-electron chi connectivity index (χ4n) is 3.96. The Labute approximate surface area is 175 Å². The number of anilines is 1. The zero-order valence-corrected chi connectivity index (χ0v) is 17.5. The molecule has 148 valence electrons. The van der Waals surface area contributed by atoms with E-state index in [4.69, 9.17) is 27.9 Å². The van der Waals surface area contributed by atoms with Crippen LogP contribution in [0.1, 0.15) is 56.7 Å². The number of fused-ring (bicyclic) bond motifs is 1. The van der Waals surface area contributed by atoms with E-state index in [2.05, 4.69) is 24.5 Å². The maximum absolute atomic E-state index is 12.1. The number of ether oxygens (including phenoxy) is 1. The lowest BCUT2D eigenvalue weighted by Gasteiger charge is -2.39. The van der Waals surface area contributed by atoms with Gasteiger partial charge in [-0.2, -0.15) is 0 Å².